The van der Waals surface area contributed by atoms with Crippen molar-refractivity contribution in [3.05, 3.63) is 47.9 Å². The Bertz CT molecular complexity index is 728. The molecule has 2 heteroatoms. The minimum absolute atomic E-state index is 0.366. The van der Waals surface area contributed by atoms with Gasteiger partial charge in [0.1, 0.15) is 0 Å². The van der Waals surface area contributed by atoms with Gasteiger partial charge >= 0.3 is 0 Å². The molecule has 3 unspecified atom stereocenters. The number of hydrogen-bond acceptors (Lipinski definition) is 2. The van der Waals surface area contributed by atoms with Crippen molar-refractivity contribution in [3.8, 4) is 11.3 Å². The van der Waals surface area contributed by atoms with E-state index in [0.717, 1.165) is 0 Å². The second-order valence-electron chi connectivity index (χ2n) is 7.84. The molecule has 0 radical (unpaired) electrons. The van der Waals surface area contributed by atoms with E-state index in [1.807, 2.05) is 12.4 Å². The molecule has 2 aromatic rings. The lowest BCUT2D eigenvalue weighted by Crippen LogP contribution is -2.47. The Labute approximate surface area is 124 Å². The highest BCUT2D eigenvalue weighted by molar-refractivity contribution is 5.76. The van der Waals surface area contributed by atoms with E-state index in [1.54, 1.807) is 5.56 Å². The van der Waals surface area contributed by atoms with Crippen LogP contribution in [-0.4, -0.2) is 9.97 Å². The first-order valence-electron chi connectivity index (χ1n) is 8.19. The Morgan fingerprint density at radius 3 is 2.52 bits per heavy atom. The van der Waals surface area contributed by atoms with Crippen LogP contribution < -0.4 is 0 Å². The van der Waals surface area contributed by atoms with Gasteiger partial charge in [-0.25, -0.2) is 0 Å². The first kappa shape index (κ1) is 10.9. The van der Waals surface area contributed by atoms with Crippen molar-refractivity contribution in [2.75, 3.05) is 0 Å². The van der Waals surface area contributed by atoms with E-state index in [-0.39, 0.29) is 0 Å². The van der Waals surface area contributed by atoms with Crippen LogP contribution in [0.4, 0.5) is 0 Å². The molecule has 21 heavy (non-hydrogen) atoms. The largest absolute Gasteiger partial charge is 0.264 e. The molecule has 3 spiro atoms. The van der Waals surface area contributed by atoms with Crippen molar-refractivity contribution in [1.29, 1.82) is 0 Å². The van der Waals surface area contributed by atoms with E-state index in [0.29, 0.717) is 16.2 Å². The second-order valence-corrected chi connectivity index (χ2v) is 7.84. The standard InChI is InChI=1S/C19H18N2/c1-2-14-16(21-8-1)13-3-9-20-10-15(13)19-7-5-17(12-19)4-6-18(14,19)11-17/h1-3,8-10H,4-7,11-12H2. The van der Waals surface area contributed by atoms with Gasteiger partial charge in [-0.1, -0.05) is 6.07 Å². The monoisotopic (exact) mass is 274 g/mol. The maximum atomic E-state index is 4.78. The van der Waals surface area contributed by atoms with Crippen molar-refractivity contribution in [2.24, 2.45) is 5.41 Å². The van der Waals surface area contributed by atoms with Gasteiger partial charge in [0, 0.05) is 35.0 Å². The van der Waals surface area contributed by atoms with E-state index in [1.165, 1.54) is 55.3 Å². The molecule has 3 bridgehead atoms. The van der Waals surface area contributed by atoms with E-state index < -0.39 is 0 Å². The molecule has 6 rings (SSSR count). The minimum atomic E-state index is 0.366. The van der Waals surface area contributed by atoms with Gasteiger partial charge < -0.3 is 0 Å². The molecule has 0 aliphatic heterocycles. The summed E-state index contributed by atoms with van der Waals surface area (Å²) >= 11 is 0. The summed E-state index contributed by atoms with van der Waals surface area (Å²) in [6, 6.07) is 6.71. The smallest absolute Gasteiger partial charge is 0.0744 e. The molecule has 104 valence electrons. The molecular weight excluding hydrogens is 256 g/mol. The van der Waals surface area contributed by atoms with Gasteiger partial charge in [-0.3, -0.25) is 9.97 Å². The van der Waals surface area contributed by atoms with Crippen molar-refractivity contribution >= 4 is 0 Å². The average molecular weight is 274 g/mol. The Hall–Kier alpha value is -1.70. The lowest BCUT2D eigenvalue weighted by atomic mass is 9.53. The van der Waals surface area contributed by atoms with Crippen molar-refractivity contribution in [2.45, 2.75) is 49.4 Å². The number of hydrogen-bond donors (Lipinski definition) is 0. The molecule has 2 aromatic heterocycles. The number of rotatable bonds is 0. The average Bonchev–Trinajstić information content (AvgIpc) is 3.17. The maximum Gasteiger partial charge on any atom is 0.0744 e. The van der Waals surface area contributed by atoms with Gasteiger partial charge in [-0.15, -0.1) is 0 Å². The minimum Gasteiger partial charge on any atom is -0.264 e. The summed E-state index contributed by atoms with van der Waals surface area (Å²) in [4.78, 5) is 9.28. The fourth-order valence-electron chi connectivity index (χ4n) is 6.74. The summed E-state index contributed by atoms with van der Waals surface area (Å²) in [5, 5.41) is 0. The van der Waals surface area contributed by atoms with Gasteiger partial charge in [-0.2, -0.15) is 0 Å². The Kier molecular flexibility index (Phi) is 1.60. The quantitative estimate of drug-likeness (QED) is 0.725. The number of pyridine rings is 2. The van der Waals surface area contributed by atoms with E-state index in [2.05, 4.69) is 29.4 Å². The second kappa shape index (κ2) is 3.06. The molecule has 0 amide bonds. The molecule has 2 nitrogen and oxygen atoms in total. The van der Waals surface area contributed by atoms with Crippen LogP contribution in [0.25, 0.3) is 11.3 Å². The highest BCUT2D eigenvalue weighted by atomic mass is 14.8. The zero-order valence-electron chi connectivity index (χ0n) is 12.1. The predicted octanol–water partition coefficient (Wildman–Crippen LogP) is 4.00. The molecule has 4 aliphatic rings. The molecule has 0 N–H and O–H groups in total. The van der Waals surface area contributed by atoms with E-state index in [9.17, 15) is 0 Å². The van der Waals surface area contributed by atoms with Crippen LogP contribution in [0.5, 0.6) is 0 Å². The van der Waals surface area contributed by atoms with Gasteiger partial charge in [-0.05, 0) is 67.2 Å². The van der Waals surface area contributed by atoms with E-state index >= 15 is 0 Å². The van der Waals surface area contributed by atoms with Gasteiger partial charge in [0.25, 0.3) is 0 Å². The third-order valence-corrected chi connectivity index (χ3v) is 7.35. The molecule has 4 aliphatic carbocycles. The lowest BCUT2D eigenvalue weighted by molar-refractivity contribution is 0.230. The summed E-state index contributed by atoms with van der Waals surface area (Å²) in [6.07, 6.45) is 14.4. The third-order valence-electron chi connectivity index (χ3n) is 7.35. The highest BCUT2D eigenvalue weighted by Crippen LogP contribution is 2.80. The zero-order valence-corrected chi connectivity index (χ0v) is 12.1. The molecular formula is C19H18N2. The van der Waals surface area contributed by atoms with Crippen LogP contribution >= 0.6 is 0 Å². The summed E-state index contributed by atoms with van der Waals surface area (Å²) in [7, 11) is 0. The third kappa shape index (κ3) is 0.956. The summed E-state index contributed by atoms with van der Waals surface area (Å²) in [5.74, 6) is 0. The Morgan fingerprint density at radius 1 is 0.857 bits per heavy atom. The van der Waals surface area contributed by atoms with Crippen LogP contribution in [0, 0.1) is 5.41 Å². The maximum absolute atomic E-state index is 4.78. The van der Waals surface area contributed by atoms with E-state index in [4.69, 9.17) is 4.98 Å². The molecule has 3 saturated carbocycles. The first-order valence-corrected chi connectivity index (χ1v) is 8.19. The van der Waals surface area contributed by atoms with Crippen molar-refractivity contribution in [3.63, 3.8) is 0 Å². The Morgan fingerprint density at radius 2 is 1.67 bits per heavy atom. The Balaban J connectivity index is 1.79. The predicted molar refractivity (Wildman–Crippen MR) is 81.0 cm³/mol. The summed E-state index contributed by atoms with van der Waals surface area (Å²) < 4.78 is 0. The highest BCUT2D eigenvalue weighted by Gasteiger charge is 2.73. The SMILES string of the molecule is c1cnc2c(c1)C13CCC4(CCC1(C4)c1cnccc1-2)C3. The molecule has 2 heterocycles. The number of nitrogens with zero attached hydrogens (tertiary/aromatic N) is 2. The molecule has 0 aromatic carbocycles. The number of fused-ring (bicyclic) bond motifs is 3. The van der Waals surface area contributed by atoms with Gasteiger partial charge in [0.15, 0.2) is 0 Å². The summed E-state index contributed by atoms with van der Waals surface area (Å²) in [5.41, 5.74) is 7.01. The van der Waals surface area contributed by atoms with Gasteiger partial charge in [0.05, 0.1) is 5.69 Å². The van der Waals surface area contributed by atoms with Crippen LogP contribution in [0.1, 0.15) is 49.7 Å². The van der Waals surface area contributed by atoms with Crippen LogP contribution in [0.2, 0.25) is 0 Å². The van der Waals surface area contributed by atoms with Crippen LogP contribution in [-0.2, 0) is 10.8 Å². The summed E-state index contributed by atoms with van der Waals surface area (Å²) in [6.45, 7) is 0. The van der Waals surface area contributed by atoms with Crippen LogP contribution in [0.15, 0.2) is 36.8 Å². The molecule has 3 atom stereocenters. The lowest BCUT2D eigenvalue weighted by Gasteiger charge is -2.50. The fraction of sp³-hybridized carbons (Fsp3) is 0.474. The molecule has 3 fully saturated rings. The van der Waals surface area contributed by atoms with Crippen LogP contribution in [0.3, 0.4) is 0 Å². The fourth-order valence-corrected chi connectivity index (χ4v) is 6.74. The van der Waals surface area contributed by atoms with Crippen molar-refractivity contribution < 1.29 is 0 Å². The van der Waals surface area contributed by atoms with Crippen molar-refractivity contribution in [1.82, 2.24) is 9.97 Å². The molecule has 0 saturated heterocycles. The van der Waals surface area contributed by atoms with Gasteiger partial charge in [0.2, 0.25) is 0 Å². The topological polar surface area (TPSA) is 25.8 Å². The number of aromatic nitrogens is 2. The zero-order chi connectivity index (χ0) is 13.7. The first-order chi connectivity index (χ1) is 10.3. The normalized spacial score (nSPS) is 40.8.